The van der Waals surface area contributed by atoms with Gasteiger partial charge in [0.15, 0.2) is 0 Å². The maximum Gasteiger partial charge on any atom is 0.0113 e. The van der Waals surface area contributed by atoms with Gasteiger partial charge in [-0.25, -0.2) is 0 Å². The van der Waals surface area contributed by atoms with Crippen LogP contribution in [0, 0.1) is 17.8 Å². The zero-order valence-corrected chi connectivity index (χ0v) is 13.6. The van der Waals surface area contributed by atoms with Gasteiger partial charge in [-0.05, 0) is 43.4 Å². The molecular weight excluding hydrogens is 256 g/mol. The molecule has 3 atom stereocenters. The van der Waals surface area contributed by atoms with Crippen molar-refractivity contribution in [3.63, 3.8) is 0 Å². The van der Waals surface area contributed by atoms with Crippen LogP contribution in [0.25, 0.3) is 0 Å². The average Bonchev–Trinajstić information content (AvgIpc) is 3.02. The number of fused-ring (bicyclic) bond motifs is 2. The van der Waals surface area contributed by atoms with Crippen LogP contribution in [0.3, 0.4) is 0 Å². The summed E-state index contributed by atoms with van der Waals surface area (Å²) in [4.78, 5) is 5.59. The van der Waals surface area contributed by atoms with Gasteiger partial charge in [-0.2, -0.15) is 0 Å². The fourth-order valence-electron chi connectivity index (χ4n) is 5.37. The molecule has 2 nitrogen and oxygen atoms in total. The Kier molecular flexibility index (Phi) is 4.36. The molecule has 4 rings (SSSR count). The lowest BCUT2D eigenvalue weighted by Crippen LogP contribution is -2.51. The van der Waals surface area contributed by atoms with Gasteiger partial charge in [-0.15, -0.1) is 0 Å². The van der Waals surface area contributed by atoms with E-state index in [1.54, 1.807) is 0 Å². The second kappa shape index (κ2) is 6.42. The quantitative estimate of drug-likeness (QED) is 0.579. The predicted molar refractivity (Wildman–Crippen MR) is 88.3 cm³/mol. The molecule has 2 saturated carbocycles. The molecule has 0 spiro atoms. The lowest BCUT2D eigenvalue weighted by atomic mass is 9.93. The number of piperazine rings is 1. The van der Waals surface area contributed by atoms with Crippen molar-refractivity contribution >= 4 is 0 Å². The van der Waals surface area contributed by atoms with Crippen LogP contribution < -0.4 is 0 Å². The minimum Gasteiger partial charge on any atom is -0.300 e. The van der Waals surface area contributed by atoms with Gasteiger partial charge in [0.2, 0.25) is 0 Å². The first-order valence-corrected chi connectivity index (χ1v) is 9.53. The molecule has 0 amide bonds. The molecule has 4 aliphatic rings. The van der Waals surface area contributed by atoms with E-state index in [0.717, 1.165) is 23.8 Å². The lowest BCUT2D eigenvalue weighted by molar-refractivity contribution is 0.0770. The summed E-state index contributed by atoms with van der Waals surface area (Å²) in [6.45, 7) is 6.70. The topological polar surface area (TPSA) is 6.48 Å². The molecular formula is C19H32N2. The Hall–Kier alpha value is -0.340. The summed E-state index contributed by atoms with van der Waals surface area (Å²) in [7, 11) is 0. The Bertz CT molecular complexity index is 362. The number of nitrogens with zero attached hydrogens (tertiary/aromatic N) is 2. The first-order valence-electron chi connectivity index (χ1n) is 9.53. The fourth-order valence-corrected chi connectivity index (χ4v) is 5.37. The Balaban J connectivity index is 1.24. The molecule has 21 heavy (non-hydrogen) atoms. The highest BCUT2D eigenvalue weighted by Gasteiger charge is 2.36. The van der Waals surface area contributed by atoms with Crippen molar-refractivity contribution in [3.8, 4) is 0 Å². The Labute approximate surface area is 130 Å². The molecule has 2 bridgehead atoms. The highest BCUT2D eigenvalue weighted by molar-refractivity contribution is 5.10. The molecule has 1 heterocycles. The normalized spacial score (nSPS) is 39.0. The third kappa shape index (κ3) is 3.22. The Morgan fingerprint density at radius 2 is 1.57 bits per heavy atom. The maximum absolute atomic E-state index is 2.82. The molecule has 0 unspecified atom stereocenters. The molecule has 0 aromatic heterocycles. The summed E-state index contributed by atoms with van der Waals surface area (Å²) in [5, 5.41) is 0. The summed E-state index contributed by atoms with van der Waals surface area (Å²) in [6.07, 6.45) is 16.8. The van der Waals surface area contributed by atoms with Crippen molar-refractivity contribution in [1.29, 1.82) is 0 Å². The van der Waals surface area contributed by atoms with Crippen molar-refractivity contribution in [3.05, 3.63) is 12.2 Å². The van der Waals surface area contributed by atoms with Gasteiger partial charge < -0.3 is 4.90 Å². The van der Waals surface area contributed by atoms with Crippen molar-refractivity contribution in [2.75, 3.05) is 32.7 Å². The van der Waals surface area contributed by atoms with Crippen molar-refractivity contribution < 1.29 is 0 Å². The van der Waals surface area contributed by atoms with E-state index in [1.165, 1.54) is 84.1 Å². The fraction of sp³-hybridized carbons (Fsp3) is 0.895. The number of hydrogen-bond donors (Lipinski definition) is 0. The molecule has 0 aromatic rings. The van der Waals surface area contributed by atoms with Gasteiger partial charge in [-0.1, -0.05) is 37.8 Å². The minimum absolute atomic E-state index is 0.917. The minimum atomic E-state index is 0.917. The van der Waals surface area contributed by atoms with E-state index < -0.39 is 0 Å². The maximum atomic E-state index is 2.82. The second-order valence-corrected chi connectivity index (χ2v) is 8.02. The van der Waals surface area contributed by atoms with Gasteiger partial charge in [0.05, 0.1) is 0 Å². The van der Waals surface area contributed by atoms with Crippen LogP contribution in [0.4, 0.5) is 0 Å². The standard InChI is InChI=1S/C19H32N2/c1-2-4-6-19(5-3-1)21-11-9-20(10-12-21)15-18-14-16-7-8-17(18)13-16/h7-8,16-19H,1-6,9-15H2/t16-,17+,18+/m0/s1. The molecule has 1 saturated heterocycles. The van der Waals surface area contributed by atoms with Crippen LogP contribution >= 0.6 is 0 Å². The zero-order valence-electron chi connectivity index (χ0n) is 13.6. The third-order valence-corrected chi connectivity index (χ3v) is 6.66. The molecule has 118 valence electrons. The largest absolute Gasteiger partial charge is 0.300 e. The highest BCUT2D eigenvalue weighted by atomic mass is 15.3. The van der Waals surface area contributed by atoms with Crippen LogP contribution in [0.1, 0.15) is 51.4 Å². The molecule has 3 aliphatic carbocycles. The van der Waals surface area contributed by atoms with Gasteiger partial charge in [0.25, 0.3) is 0 Å². The third-order valence-electron chi connectivity index (χ3n) is 6.66. The van der Waals surface area contributed by atoms with E-state index in [9.17, 15) is 0 Å². The van der Waals surface area contributed by atoms with Crippen LogP contribution in [0.2, 0.25) is 0 Å². The summed E-state index contributed by atoms with van der Waals surface area (Å²) in [5.41, 5.74) is 0. The molecule has 3 fully saturated rings. The number of allylic oxidation sites excluding steroid dienone is 2. The Morgan fingerprint density at radius 1 is 0.810 bits per heavy atom. The lowest BCUT2D eigenvalue weighted by Gasteiger charge is -2.40. The van der Waals surface area contributed by atoms with Crippen LogP contribution in [0.5, 0.6) is 0 Å². The van der Waals surface area contributed by atoms with Gasteiger partial charge in [0.1, 0.15) is 0 Å². The van der Waals surface area contributed by atoms with Crippen molar-refractivity contribution in [2.45, 2.75) is 57.4 Å². The predicted octanol–water partition coefficient (Wildman–Crippen LogP) is 3.54. The van der Waals surface area contributed by atoms with Crippen molar-refractivity contribution in [2.24, 2.45) is 17.8 Å². The summed E-state index contributed by atoms with van der Waals surface area (Å²) >= 11 is 0. The van der Waals surface area contributed by atoms with Gasteiger partial charge in [-0.3, -0.25) is 4.90 Å². The first-order chi connectivity index (χ1) is 10.4. The van der Waals surface area contributed by atoms with E-state index in [1.807, 2.05) is 0 Å². The van der Waals surface area contributed by atoms with E-state index in [4.69, 9.17) is 0 Å². The number of rotatable bonds is 3. The smallest absolute Gasteiger partial charge is 0.0113 e. The van der Waals surface area contributed by atoms with E-state index in [0.29, 0.717) is 0 Å². The summed E-state index contributed by atoms with van der Waals surface area (Å²) in [5.74, 6) is 2.84. The van der Waals surface area contributed by atoms with Crippen LogP contribution in [-0.4, -0.2) is 48.6 Å². The molecule has 1 aliphatic heterocycles. The molecule has 0 radical (unpaired) electrons. The molecule has 2 heteroatoms. The van der Waals surface area contributed by atoms with Gasteiger partial charge >= 0.3 is 0 Å². The van der Waals surface area contributed by atoms with E-state index >= 15 is 0 Å². The zero-order chi connectivity index (χ0) is 14.1. The van der Waals surface area contributed by atoms with Crippen LogP contribution in [-0.2, 0) is 0 Å². The molecule has 0 N–H and O–H groups in total. The van der Waals surface area contributed by atoms with E-state index in [2.05, 4.69) is 22.0 Å². The van der Waals surface area contributed by atoms with Crippen molar-refractivity contribution in [1.82, 2.24) is 9.80 Å². The highest BCUT2D eigenvalue weighted by Crippen LogP contribution is 2.43. The summed E-state index contributed by atoms with van der Waals surface area (Å²) < 4.78 is 0. The average molecular weight is 288 g/mol. The van der Waals surface area contributed by atoms with E-state index in [-0.39, 0.29) is 0 Å². The van der Waals surface area contributed by atoms with Crippen LogP contribution in [0.15, 0.2) is 12.2 Å². The SMILES string of the molecule is C1=C[C@@H]2C[C@H]1C[C@@H]2CN1CCN(C2CCCCCC2)CC1. The van der Waals surface area contributed by atoms with Gasteiger partial charge in [0, 0.05) is 38.8 Å². The summed E-state index contributed by atoms with van der Waals surface area (Å²) in [6, 6.07) is 0.917. The molecule has 0 aromatic carbocycles. The number of hydrogen-bond acceptors (Lipinski definition) is 2. The Morgan fingerprint density at radius 3 is 2.19 bits per heavy atom. The first kappa shape index (κ1) is 14.3. The monoisotopic (exact) mass is 288 g/mol. The second-order valence-electron chi connectivity index (χ2n) is 8.02.